The van der Waals surface area contributed by atoms with Crippen LogP contribution in [0.5, 0.6) is 5.75 Å². The van der Waals surface area contributed by atoms with Gasteiger partial charge in [0.1, 0.15) is 0 Å². The first-order chi connectivity index (χ1) is 12.7. The highest BCUT2D eigenvalue weighted by Gasteiger charge is 2.32. The van der Waals surface area contributed by atoms with E-state index in [2.05, 4.69) is 15.2 Å². The lowest BCUT2D eigenvalue weighted by atomic mass is 10.3. The fraction of sp³-hybridized carbons (Fsp3) is 0.467. The Hall–Kier alpha value is -2.92. The molecule has 0 spiro atoms. The minimum absolute atomic E-state index is 0.205. The van der Waals surface area contributed by atoms with E-state index < -0.39 is 29.6 Å². The molecule has 0 aliphatic carbocycles. The molecular weight excluding hydrogens is 374 g/mol. The molecule has 148 valence electrons. The van der Waals surface area contributed by atoms with Crippen molar-refractivity contribution >= 4 is 6.03 Å². The lowest BCUT2D eigenvalue weighted by Gasteiger charge is -2.19. The molecule has 2 aromatic rings. The van der Waals surface area contributed by atoms with Crippen LogP contribution in [0.4, 0.5) is 22.4 Å². The summed E-state index contributed by atoms with van der Waals surface area (Å²) in [7, 11) is 0. The van der Waals surface area contributed by atoms with Crippen molar-refractivity contribution in [2.45, 2.75) is 33.1 Å². The van der Waals surface area contributed by atoms with Gasteiger partial charge in [-0.05, 0) is 35.4 Å². The molecule has 0 saturated heterocycles. The number of carbonyl (C=O) groups excluding carboxylic acids is 1. The highest BCUT2D eigenvalue weighted by Crippen LogP contribution is 2.26. The zero-order valence-electron chi connectivity index (χ0n) is 14.5. The summed E-state index contributed by atoms with van der Waals surface area (Å²) < 4.78 is 55.0. The van der Waals surface area contributed by atoms with Gasteiger partial charge < -0.3 is 9.64 Å². The molecule has 8 nitrogen and oxygen atoms in total. The van der Waals surface area contributed by atoms with Gasteiger partial charge in [-0.25, -0.2) is 14.0 Å². The number of benzene rings is 1. The largest absolute Gasteiger partial charge is 0.573 e. The van der Waals surface area contributed by atoms with Gasteiger partial charge in [-0.1, -0.05) is 13.8 Å². The molecular formula is C15H17F4N5O3. The van der Waals surface area contributed by atoms with Crippen LogP contribution >= 0.6 is 0 Å². The molecule has 0 unspecified atom stereocenters. The molecule has 0 saturated carbocycles. The van der Waals surface area contributed by atoms with Gasteiger partial charge in [-0.15, -0.1) is 17.9 Å². The van der Waals surface area contributed by atoms with Gasteiger partial charge in [0.25, 0.3) is 0 Å². The second-order valence-electron chi connectivity index (χ2n) is 5.52. The summed E-state index contributed by atoms with van der Waals surface area (Å²) in [5, 5.41) is 6.98. The molecule has 1 aromatic heterocycles. The second kappa shape index (κ2) is 8.18. The predicted molar refractivity (Wildman–Crippen MR) is 85.2 cm³/mol. The average molecular weight is 391 g/mol. The minimum Gasteiger partial charge on any atom is -0.403 e. The maximum atomic E-state index is 13.8. The molecule has 0 aliphatic heterocycles. The number of amides is 1. The highest BCUT2D eigenvalue weighted by molar-refractivity contribution is 5.75. The molecule has 0 bridgehead atoms. The van der Waals surface area contributed by atoms with E-state index in [-0.39, 0.29) is 5.69 Å². The van der Waals surface area contributed by atoms with Gasteiger partial charge >= 0.3 is 18.1 Å². The van der Waals surface area contributed by atoms with Crippen LogP contribution in [0.25, 0.3) is 5.69 Å². The number of rotatable bonds is 6. The van der Waals surface area contributed by atoms with Crippen molar-refractivity contribution in [3.8, 4) is 11.4 Å². The van der Waals surface area contributed by atoms with Crippen LogP contribution in [0.15, 0.2) is 23.0 Å². The van der Waals surface area contributed by atoms with Crippen molar-refractivity contribution < 1.29 is 27.1 Å². The number of ether oxygens (including phenoxy) is 1. The lowest BCUT2D eigenvalue weighted by molar-refractivity contribution is -0.275. The average Bonchev–Trinajstić information content (AvgIpc) is 2.96. The van der Waals surface area contributed by atoms with Gasteiger partial charge in [0.15, 0.2) is 11.6 Å². The zero-order chi connectivity index (χ0) is 20.2. The van der Waals surface area contributed by atoms with Gasteiger partial charge in [-0.2, -0.15) is 4.68 Å². The SMILES string of the molecule is CCCN(CCC)C(=O)n1nnn(-c2ccc(OC(F)(F)F)c(F)c2)c1=O. The van der Waals surface area contributed by atoms with Crippen LogP contribution in [0.2, 0.25) is 0 Å². The van der Waals surface area contributed by atoms with Gasteiger partial charge in [0.05, 0.1) is 5.69 Å². The molecule has 0 radical (unpaired) electrons. The Morgan fingerprint density at radius 1 is 1.19 bits per heavy atom. The van der Waals surface area contributed by atoms with E-state index in [0.717, 1.165) is 6.07 Å². The summed E-state index contributed by atoms with van der Waals surface area (Å²) in [6, 6.07) is 1.63. The molecule has 0 aliphatic rings. The number of tetrazole rings is 1. The summed E-state index contributed by atoms with van der Waals surface area (Å²) in [5.41, 5.74) is -1.18. The first kappa shape index (κ1) is 20.4. The number of hydrogen-bond acceptors (Lipinski definition) is 5. The quantitative estimate of drug-likeness (QED) is 0.558. The maximum absolute atomic E-state index is 13.8. The van der Waals surface area contributed by atoms with Crippen molar-refractivity contribution in [1.82, 2.24) is 24.7 Å². The van der Waals surface area contributed by atoms with Crippen LogP contribution in [0.1, 0.15) is 26.7 Å². The Balaban J connectivity index is 2.33. The Bertz CT molecular complexity index is 856. The van der Waals surface area contributed by atoms with Crippen LogP contribution in [0.3, 0.4) is 0 Å². The third-order valence-electron chi connectivity index (χ3n) is 3.41. The molecule has 0 fully saturated rings. The molecule has 2 rings (SSSR count). The van der Waals surface area contributed by atoms with E-state index in [1.807, 2.05) is 13.8 Å². The molecule has 12 heteroatoms. The van der Waals surface area contributed by atoms with E-state index in [9.17, 15) is 27.2 Å². The predicted octanol–water partition coefficient (Wildman–Crippen LogP) is 2.56. The van der Waals surface area contributed by atoms with Crippen molar-refractivity contribution in [1.29, 1.82) is 0 Å². The highest BCUT2D eigenvalue weighted by atomic mass is 19.4. The van der Waals surface area contributed by atoms with Crippen LogP contribution < -0.4 is 10.4 Å². The molecule has 0 atom stereocenters. The topological polar surface area (TPSA) is 82.2 Å². The van der Waals surface area contributed by atoms with E-state index in [1.165, 1.54) is 4.90 Å². The standard InChI is InChI=1S/C15H17F4N5O3/c1-3-7-22(8-4-2)13(25)24-14(26)23(20-21-24)10-5-6-12(11(16)9-10)27-15(17,18)19/h5-6,9H,3-4,7-8H2,1-2H3. The number of carbonyl (C=O) groups is 1. The summed E-state index contributed by atoms with van der Waals surface area (Å²) in [6.45, 7) is 4.54. The Kier molecular flexibility index (Phi) is 6.18. The third-order valence-corrected chi connectivity index (χ3v) is 3.41. The van der Waals surface area contributed by atoms with E-state index in [4.69, 9.17) is 0 Å². The number of alkyl halides is 3. The molecule has 1 heterocycles. The van der Waals surface area contributed by atoms with Crippen molar-refractivity contribution in [3.63, 3.8) is 0 Å². The number of halogens is 4. The molecule has 0 N–H and O–H groups in total. The fourth-order valence-corrected chi connectivity index (χ4v) is 2.33. The zero-order valence-corrected chi connectivity index (χ0v) is 14.5. The Morgan fingerprint density at radius 3 is 2.33 bits per heavy atom. The number of nitrogens with zero attached hydrogens (tertiary/aromatic N) is 5. The van der Waals surface area contributed by atoms with Gasteiger partial charge in [0.2, 0.25) is 0 Å². The van der Waals surface area contributed by atoms with Gasteiger partial charge in [-0.3, -0.25) is 0 Å². The van der Waals surface area contributed by atoms with E-state index >= 15 is 0 Å². The fourth-order valence-electron chi connectivity index (χ4n) is 2.33. The maximum Gasteiger partial charge on any atom is 0.573 e. The number of hydrogen-bond donors (Lipinski definition) is 0. The van der Waals surface area contributed by atoms with Crippen molar-refractivity contribution in [2.24, 2.45) is 0 Å². The molecule has 27 heavy (non-hydrogen) atoms. The van der Waals surface area contributed by atoms with Crippen LogP contribution in [-0.4, -0.2) is 50.2 Å². The summed E-state index contributed by atoms with van der Waals surface area (Å²) in [6.07, 6.45) is -3.72. The summed E-state index contributed by atoms with van der Waals surface area (Å²) in [5.74, 6) is -2.41. The van der Waals surface area contributed by atoms with E-state index in [0.29, 0.717) is 47.4 Å². The lowest BCUT2D eigenvalue weighted by Crippen LogP contribution is -2.41. The Morgan fingerprint density at radius 2 is 1.81 bits per heavy atom. The van der Waals surface area contributed by atoms with Crippen LogP contribution in [-0.2, 0) is 0 Å². The van der Waals surface area contributed by atoms with Crippen molar-refractivity contribution in [2.75, 3.05) is 13.1 Å². The molecule has 1 amide bonds. The second-order valence-corrected chi connectivity index (χ2v) is 5.52. The summed E-state index contributed by atoms with van der Waals surface area (Å²) in [4.78, 5) is 26.2. The summed E-state index contributed by atoms with van der Waals surface area (Å²) >= 11 is 0. The first-order valence-corrected chi connectivity index (χ1v) is 8.08. The minimum atomic E-state index is -5.06. The Labute approximate surface area is 150 Å². The monoisotopic (exact) mass is 391 g/mol. The van der Waals surface area contributed by atoms with Gasteiger partial charge in [0, 0.05) is 19.2 Å². The van der Waals surface area contributed by atoms with Crippen molar-refractivity contribution in [3.05, 3.63) is 34.5 Å². The molecule has 1 aromatic carbocycles. The number of aromatic nitrogens is 4. The first-order valence-electron chi connectivity index (χ1n) is 8.08. The smallest absolute Gasteiger partial charge is 0.403 e. The van der Waals surface area contributed by atoms with E-state index in [1.54, 1.807) is 0 Å². The third kappa shape index (κ3) is 4.83. The van der Waals surface area contributed by atoms with Crippen LogP contribution in [0, 0.1) is 5.82 Å². The normalized spacial score (nSPS) is 11.5.